The highest BCUT2D eigenvalue weighted by Gasteiger charge is 2.22. The molecule has 3 amide bonds. The third-order valence-electron chi connectivity index (χ3n) is 5.93. The standard InChI is InChI=1S/C28H39N5O4/c1-18(2)8-7-13-37-24-15-22(20(14-23(24)36-6)17-31-26(34)28(3,4)5)33-27(35)32-16-19-9-11-29-25-21(19)10-12-30-25/h9-12,14-15,18H,7-8,13,16-17H2,1-6H3,(H,29,30)(H,31,34)(H2,32,33,35). The summed E-state index contributed by atoms with van der Waals surface area (Å²) in [7, 11) is 1.57. The van der Waals surface area contributed by atoms with Gasteiger partial charge in [0.05, 0.1) is 19.4 Å². The number of carbonyl (C=O) groups is 2. The van der Waals surface area contributed by atoms with Crippen LogP contribution in [0.3, 0.4) is 0 Å². The first-order valence-corrected chi connectivity index (χ1v) is 12.7. The summed E-state index contributed by atoms with van der Waals surface area (Å²) in [5.74, 6) is 1.58. The minimum Gasteiger partial charge on any atom is -0.493 e. The molecular formula is C28H39N5O4. The van der Waals surface area contributed by atoms with Gasteiger partial charge in [-0.3, -0.25) is 4.79 Å². The van der Waals surface area contributed by atoms with Gasteiger partial charge in [0.2, 0.25) is 5.91 Å². The summed E-state index contributed by atoms with van der Waals surface area (Å²) >= 11 is 0. The van der Waals surface area contributed by atoms with Gasteiger partial charge in [0.1, 0.15) is 5.65 Å². The Morgan fingerprint density at radius 2 is 1.81 bits per heavy atom. The predicted octanol–water partition coefficient (Wildman–Crippen LogP) is 5.37. The number of nitrogens with zero attached hydrogens (tertiary/aromatic N) is 1. The number of amides is 3. The number of ether oxygens (including phenoxy) is 2. The van der Waals surface area contributed by atoms with Crippen molar-refractivity contribution < 1.29 is 19.1 Å². The van der Waals surface area contributed by atoms with E-state index in [1.54, 1.807) is 25.4 Å². The van der Waals surface area contributed by atoms with E-state index in [1.807, 2.05) is 39.1 Å². The summed E-state index contributed by atoms with van der Waals surface area (Å²) in [5, 5.41) is 9.73. The molecule has 3 rings (SSSR count). The Balaban J connectivity index is 1.77. The minimum absolute atomic E-state index is 0.0934. The van der Waals surface area contributed by atoms with E-state index in [0.717, 1.165) is 29.4 Å². The molecule has 3 aromatic rings. The quantitative estimate of drug-likeness (QED) is 0.259. The predicted molar refractivity (Wildman–Crippen MR) is 146 cm³/mol. The lowest BCUT2D eigenvalue weighted by molar-refractivity contribution is -0.128. The Kier molecular flexibility index (Phi) is 9.38. The molecule has 0 atom stereocenters. The number of anilines is 1. The van der Waals surface area contributed by atoms with Crippen molar-refractivity contribution in [3.8, 4) is 11.5 Å². The number of fused-ring (bicyclic) bond motifs is 1. The molecule has 9 heteroatoms. The molecule has 0 saturated heterocycles. The first-order chi connectivity index (χ1) is 17.6. The van der Waals surface area contributed by atoms with Crippen molar-refractivity contribution in [2.24, 2.45) is 11.3 Å². The second-order valence-electron chi connectivity index (χ2n) is 10.5. The van der Waals surface area contributed by atoms with Crippen LogP contribution in [0.4, 0.5) is 10.5 Å². The third kappa shape index (κ3) is 7.87. The summed E-state index contributed by atoms with van der Waals surface area (Å²) in [4.78, 5) is 32.8. The fourth-order valence-corrected chi connectivity index (χ4v) is 3.77. The lowest BCUT2D eigenvalue weighted by Crippen LogP contribution is -2.35. The number of hydrogen-bond acceptors (Lipinski definition) is 5. The Morgan fingerprint density at radius 1 is 1.05 bits per heavy atom. The van der Waals surface area contributed by atoms with Crippen molar-refractivity contribution in [2.75, 3.05) is 19.0 Å². The van der Waals surface area contributed by atoms with E-state index in [-0.39, 0.29) is 18.5 Å². The monoisotopic (exact) mass is 509 g/mol. The average Bonchev–Trinajstić information content (AvgIpc) is 3.33. The summed E-state index contributed by atoms with van der Waals surface area (Å²) in [6.07, 6.45) is 5.48. The van der Waals surface area contributed by atoms with Crippen molar-refractivity contribution in [3.63, 3.8) is 0 Å². The molecule has 1 aromatic carbocycles. The van der Waals surface area contributed by atoms with Gasteiger partial charge in [-0.25, -0.2) is 9.78 Å². The molecule has 0 spiro atoms. The highest BCUT2D eigenvalue weighted by atomic mass is 16.5. The topological polar surface area (TPSA) is 117 Å². The minimum atomic E-state index is -0.539. The van der Waals surface area contributed by atoms with E-state index >= 15 is 0 Å². The van der Waals surface area contributed by atoms with Crippen LogP contribution in [-0.2, 0) is 17.9 Å². The molecule has 0 aliphatic heterocycles. The lowest BCUT2D eigenvalue weighted by Gasteiger charge is -2.20. The Morgan fingerprint density at radius 3 is 2.51 bits per heavy atom. The van der Waals surface area contributed by atoms with Crippen LogP contribution in [0.25, 0.3) is 11.0 Å². The van der Waals surface area contributed by atoms with Gasteiger partial charge in [-0.05, 0) is 48.1 Å². The van der Waals surface area contributed by atoms with E-state index in [2.05, 4.69) is 39.8 Å². The molecule has 200 valence electrons. The molecule has 2 heterocycles. The number of methoxy groups -OCH3 is 1. The van der Waals surface area contributed by atoms with E-state index < -0.39 is 5.41 Å². The van der Waals surface area contributed by atoms with Crippen molar-refractivity contribution in [3.05, 3.63) is 47.8 Å². The summed E-state index contributed by atoms with van der Waals surface area (Å²) < 4.78 is 11.6. The molecule has 37 heavy (non-hydrogen) atoms. The lowest BCUT2D eigenvalue weighted by atomic mass is 9.95. The van der Waals surface area contributed by atoms with E-state index in [9.17, 15) is 9.59 Å². The van der Waals surface area contributed by atoms with Gasteiger partial charge in [0.25, 0.3) is 0 Å². The molecule has 9 nitrogen and oxygen atoms in total. The smallest absolute Gasteiger partial charge is 0.319 e. The van der Waals surface area contributed by atoms with E-state index in [1.165, 1.54) is 0 Å². The Bertz CT molecular complexity index is 1210. The number of aromatic amines is 1. The molecular weight excluding hydrogens is 470 g/mol. The second-order valence-corrected chi connectivity index (χ2v) is 10.5. The molecule has 0 radical (unpaired) electrons. The number of urea groups is 1. The SMILES string of the molecule is COc1cc(CNC(=O)C(C)(C)C)c(NC(=O)NCc2ccnc3[nH]ccc23)cc1OCCCC(C)C. The number of nitrogens with one attached hydrogen (secondary N) is 4. The van der Waals surface area contributed by atoms with Gasteiger partial charge < -0.3 is 30.4 Å². The van der Waals surface area contributed by atoms with Crippen molar-refractivity contribution in [1.29, 1.82) is 0 Å². The molecule has 0 saturated carbocycles. The van der Waals surface area contributed by atoms with Gasteiger partial charge in [-0.1, -0.05) is 34.6 Å². The molecule has 0 unspecified atom stereocenters. The number of carbonyl (C=O) groups excluding carboxylic acids is 2. The van der Waals surface area contributed by atoms with Crippen molar-refractivity contribution in [1.82, 2.24) is 20.6 Å². The molecule has 4 N–H and O–H groups in total. The maximum atomic E-state index is 12.9. The van der Waals surface area contributed by atoms with Crippen LogP contribution >= 0.6 is 0 Å². The zero-order chi connectivity index (χ0) is 27.0. The van der Waals surface area contributed by atoms with Crippen LogP contribution < -0.4 is 25.4 Å². The number of hydrogen-bond donors (Lipinski definition) is 4. The molecule has 0 aliphatic carbocycles. The number of rotatable bonds is 11. The van der Waals surface area contributed by atoms with E-state index in [0.29, 0.717) is 41.8 Å². The number of H-pyrrole nitrogens is 1. The fraction of sp³-hybridized carbons (Fsp3) is 0.464. The van der Waals surface area contributed by atoms with Crippen LogP contribution in [0, 0.1) is 11.3 Å². The van der Waals surface area contributed by atoms with Crippen molar-refractivity contribution in [2.45, 2.75) is 60.5 Å². The molecule has 0 bridgehead atoms. The first kappa shape index (κ1) is 27.8. The van der Waals surface area contributed by atoms with Crippen LogP contribution in [0.1, 0.15) is 58.6 Å². The van der Waals surface area contributed by atoms with Gasteiger partial charge in [0, 0.05) is 42.4 Å². The number of benzene rings is 1. The second kappa shape index (κ2) is 12.5. The Labute approximate surface area is 218 Å². The third-order valence-corrected chi connectivity index (χ3v) is 5.93. The summed E-state index contributed by atoms with van der Waals surface area (Å²) in [5.41, 5.74) is 2.42. The molecule has 0 aliphatic rings. The van der Waals surface area contributed by atoms with Gasteiger partial charge >= 0.3 is 6.03 Å². The fourth-order valence-electron chi connectivity index (χ4n) is 3.77. The number of aromatic nitrogens is 2. The summed E-state index contributed by atoms with van der Waals surface area (Å²) in [6, 6.07) is 6.98. The van der Waals surface area contributed by atoms with Crippen LogP contribution in [0.15, 0.2) is 36.7 Å². The van der Waals surface area contributed by atoms with E-state index in [4.69, 9.17) is 9.47 Å². The maximum Gasteiger partial charge on any atom is 0.319 e. The maximum absolute atomic E-state index is 12.9. The molecule has 2 aromatic heterocycles. The normalized spacial score (nSPS) is 11.4. The highest BCUT2D eigenvalue weighted by Crippen LogP contribution is 2.34. The summed E-state index contributed by atoms with van der Waals surface area (Å²) in [6.45, 7) is 11.0. The van der Waals surface area contributed by atoms with Gasteiger partial charge in [-0.2, -0.15) is 0 Å². The average molecular weight is 510 g/mol. The van der Waals surface area contributed by atoms with Gasteiger partial charge in [0.15, 0.2) is 11.5 Å². The van der Waals surface area contributed by atoms with Gasteiger partial charge in [-0.15, -0.1) is 0 Å². The molecule has 0 fully saturated rings. The van der Waals surface area contributed by atoms with Crippen LogP contribution in [0.5, 0.6) is 11.5 Å². The zero-order valence-corrected chi connectivity index (χ0v) is 22.7. The van der Waals surface area contributed by atoms with Crippen LogP contribution in [0.2, 0.25) is 0 Å². The van der Waals surface area contributed by atoms with Crippen molar-refractivity contribution >= 4 is 28.7 Å². The highest BCUT2D eigenvalue weighted by molar-refractivity contribution is 5.91. The largest absolute Gasteiger partial charge is 0.493 e. The van der Waals surface area contributed by atoms with Crippen LogP contribution in [-0.4, -0.2) is 35.6 Å². The zero-order valence-electron chi connectivity index (χ0n) is 22.7. The number of pyridine rings is 1. The first-order valence-electron chi connectivity index (χ1n) is 12.7. The Hall–Kier alpha value is -3.75.